The molecule has 1 fully saturated rings. The highest BCUT2D eigenvalue weighted by Gasteiger charge is 2.53. The molecule has 2 heterocycles. The lowest BCUT2D eigenvalue weighted by atomic mass is 9.82. The van der Waals surface area contributed by atoms with E-state index >= 15 is 0 Å². The Labute approximate surface area is 179 Å². The van der Waals surface area contributed by atoms with E-state index in [0.717, 1.165) is 16.1 Å². The molecular weight excluding hydrogens is 398 g/mol. The third kappa shape index (κ3) is 3.51. The summed E-state index contributed by atoms with van der Waals surface area (Å²) in [5.74, 6) is -0.308. The van der Waals surface area contributed by atoms with Gasteiger partial charge in [-0.2, -0.15) is 0 Å². The fourth-order valence-electron chi connectivity index (χ4n) is 3.72. The number of carbonyl (C=O) groups excluding carboxylic acids is 2. The number of benzene rings is 2. The number of thiazole rings is 1. The number of ether oxygens (including phenoxy) is 1. The standard InChI is InChI=1S/C23H23N3O3S/c1-3-29-16(2)20-24-19(15-30-20)14-26-21(27)23(25-22(26)28,17-10-6-4-7-11-17)18-12-8-5-9-13-18/h4-13,15-16H,3,14H2,1-2H3,(H,25,28). The first-order chi connectivity index (χ1) is 14.6. The van der Waals surface area contributed by atoms with Gasteiger partial charge in [0.2, 0.25) is 0 Å². The van der Waals surface area contributed by atoms with Gasteiger partial charge in [-0.3, -0.25) is 9.69 Å². The topological polar surface area (TPSA) is 71.5 Å². The average molecular weight is 422 g/mol. The van der Waals surface area contributed by atoms with Gasteiger partial charge in [-0.05, 0) is 25.0 Å². The van der Waals surface area contributed by atoms with Crippen LogP contribution in [0.15, 0.2) is 66.0 Å². The Hall–Kier alpha value is -3.03. The third-order valence-corrected chi connectivity index (χ3v) is 6.23. The number of carbonyl (C=O) groups is 2. The van der Waals surface area contributed by atoms with E-state index in [-0.39, 0.29) is 18.6 Å². The summed E-state index contributed by atoms with van der Waals surface area (Å²) in [6.45, 7) is 4.59. The van der Waals surface area contributed by atoms with Crippen LogP contribution in [0.4, 0.5) is 4.79 Å². The number of rotatable bonds is 7. The van der Waals surface area contributed by atoms with Crippen LogP contribution in [0, 0.1) is 0 Å². The molecule has 0 radical (unpaired) electrons. The van der Waals surface area contributed by atoms with Crippen LogP contribution < -0.4 is 5.32 Å². The van der Waals surface area contributed by atoms with Gasteiger partial charge in [0, 0.05) is 12.0 Å². The van der Waals surface area contributed by atoms with E-state index in [2.05, 4.69) is 10.3 Å². The zero-order chi connectivity index (χ0) is 21.1. The fourth-order valence-corrected chi connectivity index (χ4v) is 4.53. The van der Waals surface area contributed by atoms with Crippen molar-refractivity contribution in [1.29, 1.82) is 0 Å². The molecule has 3 amide bonds. The Bertz CT molecular complexity index is 997. The van der Waals surface area contributed by atoms with Crippen molar-refractivity contribution in [3.8, 4) is 0 Å². The summed E-state index contributed by atoms with van der Waals surface area (Å²) >= 11 is 1.47. The summed E-state index contributed by atoms with van der Waals surface area (Å²) in [5, 5.41) is 5.66. The Morgan fingerprint density at radius 2 is 1.67 bits per heavy atom. The van der Waals surface area contributed by atoms with E-state index in [1.165, 1.54) is 16.2 Å². The zero-order valence-corrected chi connectivity index (χ0v) is 17.7. The highest BCUT2D eigenvalue weighted by Crippen LogP contribution is 2.36. The maximum absolute atomic E-state index is 13.7. The van der Waals surface area contributed by atoms with Crippen LogP contribution in [-0.2, 0) is 21.6 Å². The van der Waals surface area contributed by atoms with Crippen molar-refractivity contribution in [3.63, 3.8) is 0 Å². The van der Waals surface area contributed by atoms with Crippen molar-refractivity contribution in [2.45, 2.75) is 32.0 Å². The number of nitrogens with one attached hydrogen (secondary N) is 1. The lowest BCUT2D eigenvalue weighted by Gasteiger charge is -2.27. The van der Waals surface area contributed by atoms with E-state index in [1.54, 1.807) is 0 Å². The second-order valence-electron chi connectivity index (χ2n) is 7.08. The minimum absolute atomic E-state index is 0.113. The number of aromatic nitrogens is 1. The number of imide groups is 1. The molecule has 1 saturated heterocycles. The zero-order valence-electron chi connectivity index (χ0n) is 16.9. The highest BCUT2D eigenvalue weighted by molar-refractivity contribution is 7.09. The van der Waals surface area contributed by atoms with Crippen molar-refractivity contribution in [2.24, 2.45) is 0 Å². The lowest BCUT2D eigenvalue weighted by molar-refractivity contribution is -0.130. The van der Waals surface area contributed by atoms with Gasteiger partial charge in [0.05, 0.1) is 12.2 Å². The molecule has 0 aliphatic carbocycles. The second kappa shape index (κ2) is 8.38. The van der Waals surface area contributed by atoms with Gasteiger partial charge in [0.1, 0.15) is 11.1 Å². The largest absolute Gasteiger partial charge is 0.372 e. The Balaban J connectivity index is 1.68. The number of urea groups is 1. The van der Waals surface area contributed by atoms with Gasteiger partial charge in [0.25, 0.3) is 5.91 Å². The normalized spacial score (nSPS) is 16.5. The van der Waals surface area contributed by atoms with E-state index in [4.69, 9.17) is 4.74 Å². The summed E-state index contributed by atoms with van der Waals surface area (Å²) in [6, 6.07) is 18.2. The van der Waals surface area contributed by atoms with Gasteiger partial charge in [-0.1, -0.05) is 60.7 Å². The van der Waals surface area contributed by atoms with E-state index in [9.17, 15) is 9.59 Å². The fraction of sp³-hybridized carbons (Fsp3) is 0.261. The minimum Gasteiger partial charge on any atom is -0.372 e. The molecule has 3 aromatic rings. The van der Waals surface area contributed by atoms with Crippen molar-refractivity contribution in [2.75, 3.05) is 6.61 Å². The molecule has 0 spiro atoms. The number of hydrogen-bond donors (Lipinski definition) is 1. The molecule has 1 aliphatic heterocycles. The Kier molecular flexibility index (Phi) is 5.65. The first kappa shape index (κ1) is 20.3. The van der Waals surface area contributed by atoms with Crippen LogP contribution in [0.25, 0.3) is 0 Å². The van der Waals surface area contributed by atoms with Crippen LogP contribution in [0.1, 0.15) is 41.8 Å². The average Bonchev–Trinajstić information content (AvgIpc) is 3.34. The second-order valence-corrected chi connectivity index (χ2v) is 7.97. The van der Waals surface area contributed by atoms with Crippen molar-refractivity contribution in [1.82, 2.24) is 15.2 Å². The molecule has 0 bridgehead atoms. The molecular formula is C23H23N3O3S. The molecule has 4 rings (SSSR count). The molecule has 0 saturated carbocycles. The van der Waals surface area contributed by atoms with Crippen molar-refractivity contribution < 1.29 is 14.3 Å². The maximum Gasteiger partial charge on any atom is 0.325 e. The molecule has 1 unspecified atom stereocenters. The van der Waals surface area contributed by atoms with Gasteiger partial charge in [-0.15, -0.1) is 11.3 Å². The van der Waals surface area contributed by atoms with Crippen molar-refractivity contribution in [3.05, 3.63) is 87.9 Å². The van der Waals surface area contributed by atoms with Gasteiger partial charge < -0.3 is 10.1 Å². The molecule has 30 heavy (non-hydrogen) atoms. The number of nitrogens with zero attached hydrogens (tertiary/aromatic N) is 2. The number of amides is 3. The number of hydrogen-bond acceptors (Lipinski definition) is 5. The summed E-state index contributed by atoms with van der Waals surface area (Å²) in [7, 11) is 0. The molecule has 7 heteroatoms. The van der Waals surface area contributed by atoms with E-state index < -0.39 is 11.6 Å². The van der Waals surface area contributed by atoms with Crippen LogP contribution in [0.5, 0.6) is 0 Å². The maximum atomic E-state index is 13.7. The third-order valence-electron chi connectivity index (χ3n) is 5.17. The van der Waals surface area contributed by atoms with Gasteiger partial charge in [0.15, 0.2) is 5.54 Å². The molecule has 6 nitrogen and oxygen atoms in total. The first-order valence-corrected chi connectivity index (χ1v) is 10.7. The monoisotopic (exact) mass is 421 g/mol. The molecule has 1 N–H and O–H groups in total. The summed E-state index contributed by atoms with van der Waals surface area (Å²) in [4.78, 5) is 32.4. The molecule has 1 atom stereocenters. The first-order valence-electron chi connectivity index (χ1n) is 9.87. The Morgan fingerprint density at radius 1 is 1.07 bits per heavy atom. The van der Waals surface area contributed by atoms with Gasteiger partial charge >= 0.3 is 6.03 Å². The van der Waals surface area contributed by atoms with Crippen LogP contribution >= 0.6 is 11.3 Å². The van der Waals surface area contributed by atoms with Crippen molar-refractivity contribution >= 4 is 23.3 Å². The van der Waals surface area contributed by atoms with E-state index in [1.807, 2.05) is 79.9 Å². The molecule has 1 aromatic heterocycles. The highest BCUT2D eigenvalue weighted by atomic mass is 32.1. The quantitative estimate of drug-likeness (QED) is 0.580. The van der Waals surface area contributed by atoms with Gasteiger partial charge in [-0.25, -0.2) is 9.78 Å². The van der Waals surface area contributed by atoms with Crippen LogP contribution in [0.3, 0.4) is 0 Å². The summed E-state index contributed by atoms with van der Waals surface area (Å²) in [6.07, 6.45) is -0.121. The predicted octanol–water partition coefficient (Wildman–Crippen LogP) is 4.24. The minimum atomic E-state index is -1.25. The smallest absolute Gasteiger partial charge is 0.325 e. The predicted molar refractivity (Wildman–Crippen MR) is 115 cm³/mol. The molecule has 1 aliphatic rings. The SMILES string of the molecule is CCOC(C)c1nc(CN2C(=O)NC(c3ccccc3)(c3ccccc3)C2=O)cs1. The van der Waals surface area contributed by atoms with E-state index in [0.29, 0.717) is 12.3 Å². The molecule has 154 valence electrons. The Morgan fingerprint density at radius 3 is 2.23 bits per heavy atom. The molecule has 2 aromatic carbocycles. The summed E-state index contributed by atoms with van der Waals surface area (Å²) in [5.41, 5.74) is 0.862. The van der Waals surface area contributed by atoms with Crippen LogP contribution in [0.2, 0.25) is 0 Å². The summed E-state index contributed by atoms with van der Waals surface area (Å²) < 4.78 is 5.59. The lowest BCUT2D eigenvalue weighted by Crippen LogP contribution is -2.45. The van der Waals surface area contributed by atoms with Crippen LogP contribution in [-0.4, -0.2) is 28.4 Å².